The molecule has 0 saturated carbocycles. The predicted octanol–water partition coefficient (Wildman–Crippen LogP) is 3.31. The fraction of sp³-hybridized carbons (Fsp3) is 0.647. The Balaban J connectivity index is 2.84. The molecule has 1 aromatic rings. The number of hydrogen-bond donors (Lipinski definition) is 2. The summed E-state index contributed by atoms with van der Waals surface area (Å²) in [7, 11) is 0. The molecule has 0 heterocycles. The van der Waals surface area contributed by atoms with Crippen molar-refractivity contribution in [1.82, 2.24) is 5.32 Å². The predicted molar refractivity (Wildman–Crippen MR) is 87.2 cm³/mol. The van der Waals surface area contributed by atoms with Gasteiger partial charge in [-0.25, -0.2) is 4.39 Å². The fourth-order valence-corrected chi connectivity index (χ4v) is 2.16. The molecular weight excluding hydrogens is 267 g/mol. The minimum Gasteiger partial charge on any atom is -0.396 e. The quantitative estimate of drug-likeness (QED) is 0.810. The van der Waals surface area contributed by atoms with Crippen LogP contribution in [0.5, 0.6) is 0 Å². The lowest BCUT2D eigenvalue weighted by molar-refractivity contribution is 0.288. The second-order valence-corrected chi connectivity index (χ2v) is 6.75. The van der Waals surface area contributed by atoms with Crippen LogP contribution in [-0.4, -0.2) is 29.8 Å². The zero-order chi connectivity index (χ0) is 16.0. The van der Waals surface area contributed by atoms with Crippen molar-refractivity contribution in [3.8, 4) is 0 Å². The maximum atomic E-state index is 14.4. The Morgan fingerprint density at radius 1 is 1.29 bits per heavy atom. The molecule has 0 bridgehead atoms. The van der Waals surface area contributed by atoms with Gasteiger partial charge in [-0.1, -0.05) is 6.07 Å². The summed E-state index contributed by atoms with van der Waals surface area (Å²) < 4.78 is 14.4. The highest BCUT2D eigenvalue weighted by atomic mass is 19.1. The van der Waals surface area contributed by atoms with Crippen molar-refractivity contribution in [2.24, 2.45) is 0 Å². The number of rotatable bonds is 7. The molecular formula is C17H29FN2O. The lowest BCUT2D eigenvalue weighted by Gasteiger charge is -2.29. The third kappa shape index (κ3) is 6.02. The minimum absolute atomic E-state index is 0.0141. The Labute approximate surface area is 128 Å². The maximum absolute atomic E-state index is 14.4. The Morgan fingerprint density at radius 2 is 1.95 bits per heavy atom. The van der Waals surface area contributed by atoms with E-state index < -0.39 is 0 Å². The lowest BCUT2D eigenvalue weighted by atomic mass is 10.1. The monoisotopic (exact) mass is 296 g/mol. The molecule has 0 saturated heterocycles. The van der Waals surface area contributed by atoms with E-state index in [4.69, 9.17) is 5.11 Å². The van der Waals surface area contributed by atoms with E-state index >= 15 is 0 Å². The van der Waals surface area contributed by atoms with Gasteiger partial charge in [-0.2, -0.15) is 0 Å². The van der Waals surface area contributed by atoms with Crippen LogP contribution in [0.1, 0.15) is 46.6 Å². The van der Waals surface area contributed by atoms with Crippen LogP contribution in [0, 0.1) is 5.82 Å². The molecule has 0 unspecified atom stereocenters. The molecule has 21 heavy (non-hydrogen) atoms. The van der Waals surface area contributed by atoms with Crippen LogP contribution in [0.2, 0.25) is 0 Å². The number of aliphatic hydroxyl groups excluding tert-OH is 1. The first kappa shape index (κ1) is 17.9. The molecule has 1 rings (SSSR count). The van der Waals surface area contributed by atoms with Gasteiger partial charge in [-0.3, -0.25) is 0 Å². The van der Waals surface area contributed by atoms with E-state index in [0.717, 1.165) is 5.56 Å². The summed E-state index contributed by atoms with van der Waals surface area (Å²) in [6.07, 6.45) is 0.644. The van der Waals surface area contributed by atoms with Crippen molar-refractivity contribution in [1.29, 1.82) is 0 Å². The van der Waals surface area contributed by atoms with E-state index in [2.05, 4.69) is 26.1 Å². The topological polar surface area (TPSA) is 35.5 Å². The molecule has 120 valence electrons. The second kappa shape index (κ2) is 7.76. The summed E-state index contributed by atoms with van der Waals surface area (Å²) in [6.45, 7) is 11.8. The minimum atomic E-state index is -0.199. The molecule has 1 aromatic carbocycles. The SMILES string of the molecule is CC(C)N(CCCO)c1ccc(CNC(C)(C)C)cc1F. The molecule has 4 heteroatoms. The van der Waals surface area contributed by atoms with E-state index in [9.17, 15) is 4.39 Å². The number of nitrogens with one attached hydrogen (secondary N) is 1. The largest absolute Gasteiger partial charge is 0.396 e. The fourth-order valence-electron chi connectivity index (χ4n) is 2.16. The maximum Gasteiger partial charge on any atom is 0.146 e. The van der Waals surface area contributed by atoms with Crippen LogP contribution in [0.4, 0.5) is 10.1 Å². The van der Waals surface area contributed by atoms with Crippen molar-refractivity contribution in [3.63, 3.8) is 0 Å². The van der Waals surface area contributed by atoms with Gasteiger partial charge in [0.1, 0.15) is 5.82 Å². The second-order valence-electron chi connectivity index (χ2n) is 6.75. The van der Waals surface area contributed by atoms with Gasteiger partial charge in [0.25, 0.3) is 0 Å². The van der Waals surface area contributed by atoms with Crippen LogP contribution >= 0.6 is 0 Å². The Bertz CT molecular complexity index is 441. The highest BCUT2D eigenvalue weighted by molar-refractivity contribution is 5.50. The first-order chi connectivity index (χ1) is 9.74. The van der Waals surface area contributed by atoms with E-state index in [1.54, 1.807) is 6.07 Å². The van der Waals surface area contributed by atoms with E-state index in [1.807, 2.05) is 30.9 Å². The van der Waals surface area contributed by atoms with Crippen LogP contribution in [0.3, 0.4) is 0 Å². The third-order valence-corrected chi connectivity index (χ3v) is 3.32. The molecule has 0 aromatic heterocycles. The standard InChI is InChI=1S/C17H29FN2O/c1-13(2)20(9-6-10-21)16-8-7-14(11-15(16)18)12-19-17(3,4)5/h7-8,11,13,19,21H,6,9-10,12H2,1-5H3. The summed E-state index contributed by atoms with van der Waals surface area (Å²) in [6, 6.07) is 5.60. The molecule has 0 radical (unpaired) electrons. The zero-order valence-electron chi connectivity index (χ0n) is 13.9. The van der Waals surface area contributed by atoms with Gasteiger partial charge in [0.2, 0.25) is 0 Å². The highest BCUT2D eigenvalue weighted by Crippen LogP contribution is 2.23. The Hall–Kier alpha value is -1.13. The lowest BCUT2D eigenvalue weighted by Crippen LogP contribution is -2.35. The van der Waals surface area contributed by atoms with Crippen molar-refractivity contribution in [3.05, 3.63) is 29.6 Å². The van der Waals surface area contributed by atoms with Gasteiger partial charge >= 0.3 is 0 Å². The van der Waals surface area contributed by atoms with Crippen LogP contribution < -0.4 is 10.2 Å². The number of anilines is 1. The van der Waals surface area contributed by atoms with Crippen molar-refractivity contribution in [2.75, 3.05) is 18.1 Å². The first-order valence-electron chi connectivity index (χ1n) is 7.65. The van der Waals surface area contributed by atoms with Crippen LogP contribution in [0.25, 0.3) is 0 Å². The van der Waals surface area contributed by atoms with Crippen molar-refractivity contribution < 1.29 is 9.50 Å². The first-order valence-corrected chi connectivity index (χ1v) is 7.65. The number of hydrogen-bond acceptors (Lipinski definition) is 3. The van der Waals surface area contributed by atoms with Gasteiger partial charge in [0.15, 0.2) is 0 Å². The highest BCUT2D eigenvalue weighted by Gasteiger charge is 2.15. The van der Waals surface area contributed by atoms with E-state index in [1.165, 1.54) is 0 Å². The summed E-state index contributed by atoms with van der Waals surface area (Å²) in [4.78, 5) is 1.99. The number of aliphatic hydroxyl groups is 1. The van der Waals surface area contributed by atoms with Crippen LogP contribution in [0.15, 0.2) is 18.2 Å². The number of halogens is 1. The Kier molecular flexibility index (Phi) is 6.62. The van der Waals surface area contributed by atoms with E-state index in [-0.39, 0.29) is 24.0 Å². The van der Waals surface area contributed by atoms with Gasteiger partial charge in [-0.15, -0.1) is 0 Å². The molecule has 0 amide bonds. The Morgan fingerprint density at radius 3 is 2.43 bits per heavy atom. The third-order valence-electron chi connectivity index (χ3n) is 3.32. The summed E-state index contributed by atoms with van der Waals surface area (Å²) in [5.41, 5.74) is 1.57. The molecule has 0 spiro atoms. The summed E-state index contributed by atoms with van der Waals surface area (Å²) in [5.74, 6) is -0.199. The molecule has 0 aliphatic carbocycles. The molecule has 0 fully saturated rings. The average molecular weight is 296 g/mol. The molecule has 0 aliphatic heterocycles. The van der Waals surface area contributed by atoms with Gasteiger partial charge in [0, 0.05) is 31.3 Å². The van der Waals surface area contributed by atoms with Gasteiger partial charge in [0.05, 0.1) is 5.69 Å². The van der Waals surface area contributed by atoms with E-state index in [0.29, 0.717) is 25.2 Å². The zero-order valence-corrected chi connectivity index (χ0v) is 13.9. The average Bonchev–Trinajstić information content (AvgIpc) is 2.37. The summed E-state index contributed by atoms with van der Waals surface area (Å²) >= 11 is 0. The smallest absolute Gasteiger partial charge is 0.146 e. The van der Waals surface area contributed by atoms with Crippen LogP contribution in [-0.2, 0) is 6.54 Å². The number of nitrogens with zero attached hydrogens (tertiary/aromatic N) is 1. The molecule has 0 aliphatic rings. The normalized spacial score (nSPS) is 12.0. The number of benzene rings is 1. The van der Waals surface area contributed by atoms with Crippen molar-refractivity contribution in [2.45, 2.75) is 59.2 Å². The van der Waals surface area contributed by atoms with Gasteiger partial charge in [-0.05, 0) is 58.7 Å². The van der Waals surface area contributed by atoms with Crippen molar-refractivity contribution >= 4 is 5.69 Å². The molecule has 2 N–H and O–H groups in total. The molecule has 0 atom stereocenters. The summed E-state index contributed by atoms with van der Waals surface area (Å²) in [5, 5.41) is 12.3. The molecule has 3 nitrogen and oxygen atoms in total. The van der Waals surface area contributed by atoms with Gasteiger partial charge < -0.3 is 15.3 Å².